The number of unbranched alkanes of at least 4 members (excludes halogenated alkanes) is 6. The minimum atomic E-state index is -0.0695. The summed E-state index contributed by atoms with van der Waals surface area (Å²) in [5.41, 5.74) is 0. The maximum absolute atomic E-state index is 12.3. The molecule has 0 saturated carbocycles. The first-order chi connectivity index (χ1) is 12.7. The number of esters is 1. The number of nitrogens with one attached hydrogen (secondary N) is 2. The molecule has 3 heterocycles. The van der Waals surface area contributed by atoms with E-state index in [9.17, 15) is 4.79 Å². The zero-order chi connectivity index (χ0) is 18.5. The summed E-state index contributed by atoms with van der Waals surface area (Å²) >= 11 is 0. The lowest BCUT2D eigenvalue weighted by Crippen LogP contribution is -3.00. The maximum Gasteiger partial charge on any atom is 0.346 e. The predicted octanol–water partition coefficient (Wildman–Crippen LogP) is 0.173. The summed E-state index contributed by atoms with van der Waals surface area (Å²) in [6.07, 6.45) is 14.4. The van der Waals surface area contributed by atoms with Crippen molar-refractivity contribution in [3.05, 3.63) is 0 Å². The van der Waals surface area contributed by atoms with E-state index >= 15 is 0 Å². The van der Waals surface area contributed by atoms with E-state index in [0.717, 1.165) is 6.42 Å². The van der Waals surface area contributed by atoms with Gasteiger partial charge in [-0.05, 0) is 26.2 Å². The lowest BCUT2D eigenvalue weighted by molar-refractivity contribution is -0.598. The zero-order valence-corrected chi connectivity index (χ0v) is 18.1. The van der Waals surface area contributed by atoms with Gasteiger partial charge in [-0.3, -0.25) is 20.0 Å². The van der Waals surface area contributed by atoms with Gasteiger partial charge in [-0.25, -0.2) is 0 Å². The zero-order valence-electron chi connectivity index (χ0n) is 17.3. The number of methoxy groups -OCH3 is 1. The number of rotatable bonds is 9. The van der Waals surface area contributed by atoms with Crippen molar-refractivity contribution in [2.75, 3.05) is 7.11 Å². The molecule has 1 saturated heterocycles. The normalized spacial score (nSPS) is 31.4. The molecule has 0 bridgehead atoms. The van der Waals surface area contributed by atoms with Gasteiger partial charge >= 0.3 is 11.9 Å². The first-order valence-corrected chi connectivity index (χ1v) is 10.9. The van der Waals surface area contributed by atoms with Gasteiger partial charge in [0, 0.05) is 6.42 Å². The highest BCUT2D eigenvalue weighted by atomic mass is 35.5. The monoisotopic (exact) mass is 399 g/mol. The molecular weight excluding hydrogens is 362 g/mol. The molecular formula is C21H38ClN3O2. The van der Waals surface area contributed by atoms with E-state index in [1.165, 1.54) is 77.3 Å². The van der Waals surface area contributed by atoms with Gasteiger partial charge in [0.2, 0.25) is 0 Å². The van der Waals surface area contributed by atoms with Crippen LogP contribution in [0.15, 0.2) is 0 Å². The van der Waals surface area contributed by atoms with E-state index in [1.54, 1.807) is 0 Å². The van der Waals surface area contributed by atoms with Crippen molar-refractivity contribution in [1.82, 2.24) is 10.6 Å². The SMILES string of the molecule is CCCCCCCCC[C@@H]1C[C@@H]2CC[C@H]3[C@@H](C(=O)OC)[C@@H](C)NC(=[N+]23)N1.[Cl-]. The summed E-state index contributed by atoms with van der Waals surface area (Å²) in [5, 5.41) is 7.32. The fraction of sp³-hybridized carbons (Fsp3) is 0.905. The topological polar surface area (TPSA) is 53.4 Å². The fourth-order valence-electron chi connectivity index (χ4n) is 5.29. The third-order valence-corrected chi connectivity index (χ3v) is 6.65. The lowest BCUT2D eigenvalue weighted by atomic mass is 9.90. The van der Waals surface area contributed by atoms with E-state index in [1.807, 2.05) is 0 Å². The summed E-state index contributed by atoms with van der Waals surface area (Å²) in [7, 11) is 1.51. The number of nitrogens with zero attached hydrogens (tertiary/aromatic N) is 1. The third kappa shape index (κ3) is 5.10. The van der Waals surface area contributed by atoms with Gasteiger partial charge in [0.25, 0.3) is 0 Å². The maximum atomic E-state index is 12.3. The number of hydrogen-bond acceptors (Lipinski definition) is 4. The highest BCUT2D eigenvalue weighted by molar-refractivity contribution is 5.80. The first-order valence-electron chi connectivity index (χ1n) is 10.9. The van der Waals surface area contributed by atoms with E-state index in [2.05, 4.69) is 29.1 Å². The number of hydrogen-bond donors (Lipinski definition) is 2. The quantitative estimate of drug-likeness (QED) is 0.330. The Morgan fingerprint density at radius 1 is 1.11 bits per heavy atom. The second-order valence-electron chi connectivity index (χ2n) is 8.52. The third-order valence-electron chi connectivity index (χ3n) is 6.65. The van der Waals surface area contributed by atoms with Crippen molar-refractivity contribution >= 4 is 11.9 Å². The van der Waals surface area contributed by atoms with Gasteiger partial charge in [-0.2, -0.15) is 0 Å². The van der Waals surface area contributed by atoms with Crippen LogP contribution in [-0.2, 0) is 9.53 Å². The summed E-state index contributed by atoms with van der Waals surface area (Å²) in [4.78, 5) is 12.3. The second-order valence-corrected chi connectivity index (χ2v) is 8.52. The molecule has 27 heavy (non-hydrogen) atoms. The molecule has 0 aliphatic carbocycles. The molecule has 0 aromatic carbocycles. The van der Waals surface area contributed by atoms with Crippen molar-refractivity contribution in [2.24, 2.45) is 5.92 Å². The van der Waals surface area contributed by atoms with Crippen LogP contribution in [0.2, 0.25) is 0 Å². The Hall–Kier alpha value is -0.970. The molecule has 3 rings (SSSR count). The molecule has 0 unspecified atom stereocenters. The summed E-state index contributed by atoms with van der Waals surface area (Å²) < 4.78 is 7.54. The molecule has 5 nitrogen and oxygen atoms in total. The molecule has 156 valence electrons. The van der Waals surface area contributed by atoms with Crippen LogP contribution in [0, 0.1) is 5.92 Å². The van der Waals surface area contributed by atoms with Crippen molar-refractivity contribution in [3.8, 4) is 0 Å². The van der Waals surface area contributed by atoms with Gasteiger partial charge in [-0.1, -0.05) is 51.9 Å². The average Bonchev–Trinajstić information content (AvgIpc) is 3.05. The number of carbonyl (C=O) groups excluding carboxylic acids is 1. The van der Waals surface area contributed by atoms with Gasteiger partial charge < -0.3 is 17.1 Å². The van der Waals surface area contributed by atoms with Crippen LogP contribution >= 0.6 is 0 Å². The molecule has 0 aromatic rings. The molecule has 0 aromatic heterocycles. The smallest absolute Gasteiger partial charge is 0.346 e. The second kappa shape index (κ2) is 10.5. The molecule has 1 fully saturated rings. The van der Waals surface area contributed by atoms with Gasteiger partial charge in [0.05, 0.1) is 31.3 Å². The highest BCUT2D eigenvalue weighted by Gasteiger charge is 2.52. The molecule has 3 aliphatic rings. The van der Waals surface area contributed by atoms with Crippen LogP contribution in [-0.4, -0.2) is 47.8 Å². The van der Waals surface area contributed by atoms with Crippen LogP contribution in [0.5, 0.6) is 0 Å². The van der Waals surface area contributed by atoms with E-state index in [-0.39, 0.29) is 30.3 Å². The Morgan fingerprint density at radius 2 is 1.81 bits per heavy atom. The number of carbonyl (C=O) groups is 1. The molecule has 0 radical (unpaired) electrons. The molecule has 5 atom stereocenters. The fourth-order valence-corrected chi connectivity index (χ4v) is 5.29. The first kappa shape index (κ1) is 22.3. The van der Waals surface area contributed by atoms with Crippen molar-refractivity contribution in [3.63, 3.8) is 0 Å². The standard InChI is InChI=1S/C21H37N3O2.ClH/c1-4-5-6-7-8-9-10-11-16-14-17-12-13-18-19(20(25)26-3)15(2)22-21(23-16)24(17)18;/h15-19H,4-14H2,1-3H3,(H,22,23);1H/t15-,16-,17+,18+,19+;/m1./s1. The molecule has 6 heteroatoms. The van der Waals surface area contributed by atoms with E-state index in [4.69, 9.17) is 4.74 Å². The van der Waals surface area contributed by atoms with Crippen LogP contribution in [0.1, 0.15) is 84.5 Å². The van der Waals surface area contributed by atoms with Crippen LogP contribution in [0.4, 0.5) is 0 Å². The van der Waals surface area contributed by atoms with E-state index < -0.39 is 0 Å². The van der Waals surface area contributed by atoms with E-state index in [0.29, 0.717) is 18.1 Å². The minimum Gasteiger partial charge on any atom is -1.00 e. The lowest BCUT2D eigenvalue weighted by Gasteiger charge is -2.38. The predicted molar refractivity (Wildman–Crippen MR) is 104 cm³/mol. The Balaban J connectivity index is 0.00000261. The van der Waals surface area contributed by atoms with Crippen LogP contribution < -0.4 is 23.0 Å². The van der Waals surface area contributed by atoms with Gasteiger partial charge in [-0.15, -0.1) is 0 Å². The van der Waals surface area contributed by atoms with Crippen LogP contribution in [0.3, 0.4) is 0 Å². The summed E-state index contributed by atoms with van der Waals surface area (Å²) in [6.45, 7) is 4.39. The van der Waals surface area contributed by atoms with Crippen molar-refractivity contribution in [1.29, 1.82) is 0 Å². The number of halogens is 1. The minimum absolute atomic E-state index is 0. The van der Waals surface area contributed by atoms with Crippen molar-refractivity contribution < 1.29 is 26.5 Å². The highest BCUT2D eigenvalue weighted by Crippen LogP contribution is 2.34. The molecule has 3 aliphatic heterocycles. The largest absolute Gasteiger partial charge is 1.00 e. The van der Waals surface area contributed by atoms with Crippen molar-refractivity contribution in [2.45, 2.75) is 109 Å². The van der Waals surface area contributed by atoms with Crippen LogP contribution in [0.25, 0.3) is 0 Å². The van der Waals surface area contributed by atoms with Gasteiger partial charge in [0.15, 0.2) is 0 Å². The number of ether oxygens (including phenoxy) is 1. The average molecular weight is 400 g/mol. The Morgan fingerprint density at radius 3 is 2.52 bits per heavy atom. The summed E-state index contributed by atoms with van der Waals surface area (Å²) in [6, 6.07) is 1.58. The summed E-state index contributed by atoms with van der Waals surface area (Å²) in [5.74, 6) is 1.04. The Kier molecular flexibility index (Phi) is 8.71. The van der Waals surface area contributed by atoms with Gasteiger partial charge in [0.1, 0.15) is 5.92 Å². The Labute approximate surface area is 171 Å². The molecule has 0 spiro atoms. The Bertz CT molecular complexity index is 526. The molecule has 2 N–H and O–H groups in total. The molecule has 0 amide bonds. The number of guanidine groups is 1.